The molecule has 1 atom stereocenters. The van der Waals surface area contributed by atoms with Gasteiger partial charge in [-0.25, -0.2) is 4.98 Å². The van der Waals surface area contributed by atoms with E-state index in [9.17, 15) is 4.79 Å². The fraction of sp³-hybridized carbons (Fsp3) is 0.360. The van der Waals surface area contributed by atoms with Crippen molar-refractivity contribution in [2.75, 3.05) is 4.90 Å². The number of benzene rings is 1. The Kier molecular flexibility index (Phi) is 4.49. The number of Topliss-reactive ketones (excluding diaryl/α,β-unsaturated/α-hetero) is 1. The number of ketones is 1. The number of rotatable bonds is 2. The van der Waals surface area contributed by atoms with Crippen LogP contribution in [-0.2, 0) is 4.79 Å². The lowest BCUT2D eigenvalue weighted by Crippen LogP contribution is -2.38. The molecule has 0 saturated carbocycles. The van der Waals surface area contributed by atoms with E-state index in [2.05, 4.69) is 68.8 Å². The van der Waals surface area contributed by atoms with Gasteiger partial charge in [0.05, 0.1) is 0 Å². The van der Waals surface area contributed by atoms with E-state index in [0.717, 1.165) is 34.8 Å². The molecule has 28 heavy (non-hydrogen) atoms. The van der Waals surface area contributed by atoms with Crippen LogP contribution in [0.15, 0.2) is 59.6 Å². The second-order valence-corrected chi connectivity index (χ2v) is 8.85. The van der Waals surface area contributed by atoms with Crippen LogP contribution in [0, 0.1) is 25.3 Å². The van der Waals surface area contributed by atoms with Gasteiger partial charge >= 0.3 is 0 Å². The van der Waals surface area contributed by atoms with Gasteiger partial charge in [-0.2, -0.15) is 0 Å². The number of hydrogen-bond donors (Lipinski definition) is 0. The summed E-state index contributed by atoms with van der Waals surface area (Å²) in [5.74, 6) is 0.990. The van der Waals surface area contributed by atoms with Crippen molar-refractivity contribution in [3.05, 3.63) is 82.3 Å². The van der Waals surface area contributed by atoms with Crippen LogP contribution in [-0.4, -0.2) is 10.8 Å². The van der Waals surface area contributed by atoms with E-state index >= 15 is 0 Å². The summed E-state index contributed by atoms with van der Waals surface area (Å²) in [5.41, 5.74) is 6.44. The van der Waals surface area contributed by atoms with E-state index in [1.165, 1.54) is 11.1 Å². The second kappa shape index (κ2) is 6.73. The Morgan fingerprint density at radius 3 is 2.57 bits per heavy atom. The highest BCUT2D eigenvalue weighted by molar-refractivity contribution is 6.00. The number of aromatic nitrogens is 1. The van der Waals surface area contributed by atoms with Gasteiger partial charge in [-0.1, -0.05) is 38.1 Å². The molecular formula is C25H27N2O. The van der Waals surface area contributed by atoms with Crippen molar-refractivity contribution in [1.82, 2.24) is 4.98 Å². The van der Waals surface area contributed by atoms with Gasteiger partial charge in [-0.05, 0) is 67.5 Å². The highest BCUT2D eigenvalue weighted by atomic mass is 16.1. The average molecular weight is 372 g/mol. The van der Waals surface area contributed by atoms with Crippen LogP contribution in [0.3, 0.4) is 0 Å². The molecule has 3 heteroatoms. The van der Waals surface area contributed by atoms with Gasteiger partial charge in [0.2, 0.25) is 0 Å². The fourth-order valence-corrected chi connectivity index (χ4v) is 4.47. The predicted molar refractivity (Wildman–Crippen MR) is 113 cm³/mol. The molecule has 1 unspecified atom stereocenters. The van der Waals surface area contributed by atoms with Crippen molar-refractivity contribution in [3.8, 4) is 0 Å². The van der Waals surface area contributed by atoms with Crippen LogP contribution in [0.1, 0.15) is 56.2 Å². The minimum atomic E-state index is -0.110. The van der Waals surface area contributed by atoms with E-state index in [4.69, 9.17) is 0 Å². The molecule has 2 aliphatic rings. The van der Waals surface area contributed by atoms with Crippen molar-refractivity contribution in [2.24, 2.45) is 5.41 Å². The van der Waals surface area contributed by atoms with Crippen LogP contribution >= 0.6 is 0 Å². The third kappa shape index (κ3) is 3.19. The Labute approximate surface area is 167 Å². The normalized spacial score (nSPS) is 21.5. The number of pyridine rings is 1. The van der Waals surface area contributed by atoms with Gasteiger partial charge in [0.15, 0.2) is 5.78 Å². The summed E-state index contributed by atoms with van der Waals surface area (Å²) < 4.78 is 0. The van der Waals surface area contributed by atoms with Gasteiger partial charge in [0.1, 0.15) is 5.82 Å². The number of anilines is 1. The minimum Gasteiger partial charge on any atom is -0.302 e. The SMILES string of the molecule is CC1=[C]C(c2ccccc2C)C2=C(CC(C)(C)CC2=O)N1c1cc(C)ccn1. The van der Waals surface area contributed by atoms with Crippen molar-refractivity contribution in [2.45, 2.75) is 53.4 Å². The van der Waals surface area contributed by atoms with Crippen LogP contribution in [0.5, 0.6) is 0 Å². The number of nitrogens with zero attached hydrogens (tertiary/aromatic N) is 2. The Bertz CT molecular complexity index is 1010. The predicted octanol–water partition coefficient (Wildman–Crippen LogP) is 5.65. The molecule has 2 aromatic rings. The van der Waals surface area contributed by atoms with Crippen LogP contribution in [0.25, 0.3) is 0 Å². The molecule has 0 fully saturated rings. The molecule has 143 valence electrons. The molecule has 2 heterocycles. The first-order valence-corrected chi connectivity index (χ1v) is 9.91. The molecule has 1 aromatic heterocycles. The monoisotopic (exact) mass is 371 g/mol. The lowest BCUT2D eigenvalue weighted by molar-refractivity contribution is -0.118. The molecule has 1 radical (unpaired) electrons. The van der Waals surface area contributed by atoms with E-state index in [1.807, 2.05) is 24.4 Å². The zero-order chi connectivity index (χ0) is 20.1. The highest BCUT2D eigenvalue weighted by Gasteiger charge is 2.41. The quantitative estimate of drug-likeness (QED) is 0.684. The van der Waals surface area contributed by atoms with Crippen molar-refractivity contribution in [1.29, 1.82) is 0 Å². The molecule has 0 N–H and O–H groups in total. The van der Waals surface area contributed by atoms with Crippen LogP contribution in [0.2, 0.25) is 0 Å². The molecular weight excluding hydrogens is 344 g/mol. The van der Waals surface area contributed by atoms with Crippen molar-refractivity contribution in [3.63, 3.8) is 0 Å². The Balaban J connectivity index is 1.93. The maximum Gasteiger partial charge on any atom is 0.162 e. The molecule has 1 aromatic carbocycles. The standard InChI is InChI=1S/C25H27N2O/c1-16-10-11-26-23(12-16)27-18(3)13-20(19-9-7-6-8-17(19)2)24-21(27)14-25(4,5)15-22(24)28/h6-12,20H,14-15H2,1-5H3. The summed E-state index contributed by atoms with van der Waals surface area (Å²) >= 11 is 0. The topological polar surface area (TPSA) is 33.2 Å². The summed E-state index contributed by atoms with van der Waals surface area (Å²) in [6.07, 6.45) is 6.88. The van der Waals surface area contributed by atoms with Gasteiger partial charge in [-0.15, -0.1) is 0 Å². The number of carbonyl (C=O) groups is 1. The minimum absolute atomic E-state index is 0.0636. The second-order valence-electron chi connectivity index (χ2n) is 8.85. The first-order chi connectivity index (χ1) is 13.3. The van der Waals surface area contributed by atoms with Crippen molar-refractivity contribution < 1.29 is 4.79 Å². The number of hydrogen-bond acceptors (Lipinski definition) is 3. The maximum atomic E-state index is 13.3. The maximum absolute atomic E-state index is 13.3. The summed E-state index contributed by atoms with van der Waals surface area (Å²) in [6, 6.07) is 12.4. The lowest BCUT2D eigenvalue weighted by atomic mass is 9.69. The molecule has 3 nitrogen and oxygen atoms in total. The molecule has 1 aliphatic heterocycles. The third-order valence-corrected chi connectivity index (χ3v) is 5.77. The van der Waals surface area contributed by atoms with E-state index in [1.54, 1.807) is 0 Å². The molecule has 0 spiro atoms. The smallest absolute Gasteiger partial charge is 0.162 e. The van der Waals surface area contributed by atoms with Crippen LogP contribution < -0.4 is 4.90 Å². The van der Waals surface area contributed by atoms with Gasteiger partial charge in [0.25, 0.3) is 0 Å². The highest BCUT2D eigenvalue weighted by Crippen LogP contribution is 2.48. The first-order valence-electron chi connectivity index (χ1n) is 9.91. The zero-order valence-corrected chi connectivity index (χ0v) is 17.3. The van der Waals surface area contributed by atoms with E-state index in [-0.39, 0.29) is 17.1 Å². The first kappa shape index (κ1) is 18.7. The van der Waals surface area contributed by atoms with Gasteiger partial charge in [0, 0.05) is 35.5 Å². The Morgan fingerprint density at radius 2 is 1.86 bits per heavy atom. The Morgan fingerprint density at radius 1 is 1.11 bits per heavy atom. The molecule has 0 saturated heterocycles. The van der Waals surface area contributed by atoms with Gasteiger partial charge in [-0.3, -0.25) is 4.79 Å². The van der Waals surface area contributed by atoms with Crippen LogP contribution in [0.4, 0.5) is 5.82 Å². The molecule has 0 amide bonds. The number of allylic oxidation sites excluding steroid dienone is 4. The summed E-state index contributed by atoms with van der Waals surface area (Å²) in [6.45, 7) is 10.6. The Hall–Kier alpha value is -2.68. The average Bonchev–Trinajstić information content (AvgIpc) is 2.60. The lowest BCUT2D eigenvalue weighted by Gasteiger charge is -2.42. The van der Waals surface area contributed by atoms with Crippen molar-refractivity contribution >= 4 is 11.6 Å². The summed E-state index contributed by atoms with van der Waals surface area (Å²) in [4.78, 5) is 20.1. The molecule has 0 bridgehead atoms. The fourth-order valence-electron chi connectivity index (χ4n) is 4.47. The molecule has 1 aliphatic carbocycles. The summed E-state index contributed by atoms with van der Waals surface area (Å²) in [7, 11) is 0. The van der Waals surface area contributed by atoms with E-state index < -0.39 is 0 Å². The van der Waals surface area contributed by atoms with E-state index in [0.29, 0.717) is 6.42 Å². The molecule has 4 rings (SSSR count). The summed E-state index contributed by atoms with van der Waals surface area (Å²) in [5, 5.41) is 0. The number of carbonyl (C=O) groups excluding carboxylic acids is 1. The van der Waals surface area contributed by atoms with Gasteiger partial charge < -0.3 is 4.90 Å². The largest absolute Gasteiger partial charge is 0.302 e. The third-order valence-electron chi connectivity index (χ3n) is 5.77. The number of aryl methyl sites for hydroxylation is 2. The zero-order valence-electron chi connectivity index (χ0n) is 17.3.